The first-order chi connectivity index (χ1) is 5.57. The summed E-state index contributed by atoms with van der Waals surface area (Å²) in [5, 5.41) is 18.6. The van der Waals surface area contributed by atoms with E-state index in [0.29, 0.717) is 11.4 Å². The van der Waals surface area contributed by atoms with Crippen molar-refractivity contribution in [2.45, 2.75) is 13.3 Å². The Kier molecular flexibility index (Phi) is 2.70. The summed E-state index contributed by atoms with van der Waals surface area (Å²) in [6, 6.07) is 1.41. The number of phenols is 2. The molecule has 0 spiro atoms. The van der Waals surface area contributed by atoms with Crippen molar-refractivity contribution in [1.29, 1.82) is 0 Å². The van der Waals surface area contributed by atoms with Crippen LogP contribution in [0.15, 0.2) is 6.07 Å². The summed E-state index contributed by atoms with van der Waals surface area (Å²) >= 11 is 11.4. The van der Waals surface area contributed by atoms with E-state index < -0.39 is 0 Å². The number of benzene rings is 1. The van der Waals surface area contributed by atoms with Gasteiger partial charge in [-0.1, -0.05) is 30.1 Å². The van der Waals surface area contributed by atoms with Crippen LogP contribution in [0.2, 0.25) is 10.0 Å². The maximum absolute atomic E-state index is 9.14. The van der Waals surface area contributed by atoms with Crippen LogP contribution in [0.5, 0.6) is 11.5 Å². The molecular formula is C8H8Cl2O2. The molecule has 1 aromatic rings. The summed E-state index contributed by atoms with van der Waals surface area (Å²) < 4.78 is 0. The fourth-order valence-electron chi connectivity index (χ4n) is 0.911. The van der Waals surface area contributed by atoms with E-state index in [1.165, 1.54) is 6.07 Å². The van der Waals surface area contributed by atoms with Gasteiger partial charge in [-0.2, -0.15) is 0 Å². The van der Waals surface area contributed by atoms with Crippen molar-refractivity contribution in [2.24, 2.45) is 0 Å². The molecule has 0 aromatic heterocycles. The monoisotopic (exact) mass is 206 g/mol. The summed E-state index contributed by atoms with van der Waals surface area (Å²) in [6.07, 6.45) is 0.659. The molecule has 66 valence electrons. The Bertz CT molecular complexity index is 310. The molecule has 0 radical (unpaired) electrons. The lowest BCUT2D eigenvalue weighted by Gasteiger charge is -2.06. The minimum absolute atomic E-state index is 0.00789. The highest BCUT2D eigenvalue weighted by atomic mass is 35.5. The molecule has 0 aliphatic heterocycles. The van der Waals surface area contributed by atoms with E-state index in [1.807, 2.05) is 6.92 Å². The Morgan fingerprint density at radius 1 is 1.25 bits per heavy atom. The van der Waals surface area contributed by atoms with Crippen LogP contribution in [0.4, 0.5) is 0 Å². The molecule has 0 aliphatic carbocycles. The summed E-state index contributed by atoms with van der Waals surface area (Å²) in [6.45, 7) is 1.88. The number of phenolic OH excluding ortho intramolecular Hbond substituents is 2. The van der Waals surface area contributed by atoms with Gasteiger partial charge in [0.15, 0.2) is 11.5 Å². The van der Waals surface area contributed by atoms with Gasteiger partial charge in [0, 0.05) is 0 Å². The van der Waals surface area contributed by atoms with Crippen molar-refractivity contribution in [3.05, 3.63) is 21.7 Å². The van der Waals surface area contributed by atoms with E-state index in [0.717, 1.165) is 5.56 Å². The quantitative estimate of drug-likeness (QED) is 0.695. The van der Waals surface area contributed by atoms with Crippen molar-refractivity contribution in [1.82, 2.24) is 0 Å². The normalized spacial score (nSPS) is 10.2. The van der Waals surface area contributed by atoms with Crippen LogP contribution in [-0.4, -0.2) is 10.2 Å². The van der Waals surface area contributed by atoms with Crippen molar-refractivity contribution in [3.63, 3.8) is 0 Å². The number of hydrogen-bond acceptors (Lipinski definition) is 2. The van der Waals surface area contributed by atoms with Crippen LogP contribution < -0.4 is 0 Å². The molecular weight excluding hydrogens is 199 g/mol. The van der Waals surface area contributed by atoms with Crippen LogP contribution in [0.1, 0.15) is 12.5 Å². The van der Waals surface area contributed by atoms with Crippen molar-refractivity contribution in [2.75, 3.05) is 0 Å². The molecule has 4 heteroatoms. The first kappa shape index (κ1) is 9.49. The Labute approximate surface area is 80.4 Å². The summed E-state index contributed by atoms with van der Waals surface area (Å²) in [4.78, 5) is 0. The van der Waals surface area contributed by atoms with E-state index in [1.54, 1.807) is 0 Å². The van der Waals surface area contributed by atoms with Gasteiger partial charge in [-0.3, -0.25) is 0 Å². The van der Waals surface area contributed by atoms with Crippen molar-refractivity contribution < 1.29 is 10.2 Å². The maximum atomic E-state index is 9.14. The van der Waals surface area contributed by atoms with Gasteiger partial charge in [-0.25, -0.2) is 0 Å². The predicted molar refractivity (Wildman–Crippen MR) is 49.2 cm³/mol. The standard InChI is InChI=1S/C8H8Cl2O2/c1-2-4-3-5(11)8(12)7(10)6(4)9/h3,11-12H,2H2,1H3. The van der Waals surface area contributed by atoms with Crippen LogP contribution in [-0.2, 0) is 6.42 Å². The van der Waals surface area contributed by atoms with Crippen LogP contribution in [0.3, 0.4) is 0 Å². The second-order valence-corrected chi connectivity index (χ2v) is 3.14. The molecule has 0 aliphatic rings. The molecule has 1 rings (SSSR count). The molecule has 0 atom stereocenters. The van der Waals surface area contributed by atoms with Gasteiger partial charge in [-0.05, 0) is 18.1 Å². The number of rotatable bonds is 1. The summed E-state index contributed by atoms with van der Waals surface area (Å²) in [7, 11) is 0. The van der Waals surface area contributed by atoms with Gasteiger partial charge in [0.1, 0.15) is 5.02 Å². The van der Waals surface area contributed by atoms with Crippen molar-refractivity contribution in [3.8, 4) is 11.5 Å². The van der Waals surface area contributed by atoms with E-state index in [-0.39, 0.29) is 16.5 Å². The Morgan fingerprint density at radius 2 is 1.83 bits per heavy atom. The van der Waals surface area contributed by atoms with E-state index >= 15 is 0 Å². The second-order valence-electron chi connectivity index (χ2n) is 2.38. The average molecular weight is 207 g/mol. The van der Waals surface area contributed by atoms with E-state index in [9.17, 15) is 0 Å². The van der Waals surface area contributed by atoms with E-state index in [4.69, 9.17) is 33.4 Å². The summed E-state index contributed by atoms with van der Waals surface area (Å²) in [5.74, 6) is -0.597. The van der Waals surface area contributed by atoms with Crippen LogP contribution in [0.25, 0.3) is 0 Å². The zero-order valence-electron chi connectivity index (χ0n) is 6.43. The average Bonchev–Trinajstić information content (AvgIpc) is 2.08. The van der Waals surface area contributed by atoms with Gasteiger partial charge < -0.3 is 10.2 Å². The lowest BCUT2D eigenvalue weighted by atomic mass is 10.1. The molecule has 2 N–H and O–H groups in total. The third-order valence-corrected chi connectivity index (χ3v) is 2.51. The minimum atomic E-state index is -0.362. The lowest BCUT2D eigenvalue weighted by Crippen LogP contribution is -1.84. The first-order valence-corrected chi connectivity index (χ1v) is 4.22. The molecule has 0 heterocycles. The van der Waals surface area contributed by atoms with Gasteiger partial charge >= 0.3 is 0 Å². The van der Waals surface area contributed by atoms with Crippen LogP contribution >= 0.6 is 23.2 Å². The largest absolute Gasteiger partial charge is 0.504 e. The van der Waals surface area contributed by atoms with Crippen molar-refractivity contribution >= 4 is 23.2 Å². The second kappa shape index (κ2) is 3.42. The zero-order valence-corrected chi connectivity index (χ0v) is 7.95. The predicted octanol–water partition coefficient (Wildman–Crippen LogP) is 2.97. The molecule has 1 aromatic carbocycles. The van der Waals surface area contributed by atoms with Gasteiger partial charge in [0.25, 0.3) is 0 Å². The highest BCUT2D eigenvalue weighted by Crippen LogP contribution is 2.40. The zero-order chi connectivity index (χ0) is 9.30. The third kappa shape index (κ3) is 1.45. The maximum Gasteiger partial charge on any atom is 0.178 e. The fourth-order valence-corrected chi connectivity index (χ4v) is 1.41. The molecule has 12 heavy (non-hydrogen) atoms. The van der Waals surface area contributed by atoms with E-state index in [2.05, 4.69) is 0 Å². The molecule has 2 nitrogen and oxygen atoms in total. The minimum Gasteiger partial charge on any atom is -0.504 e. The third-order valence-electron chi connectivity index (χ3n) is 1.62. The number of aryl methyl sites for hydroxylation is 1. The van der Waals surface area contributed by atoms with Crippen LogP contribution in [0, 0.1) is 0 Å². The highest BCUT2D eigenvalue weighted by molar-refractivity contribution is 6.43. The highest BCUT2D eigenvalue weighted by Gasteiger charge is 2.12. The topological polar surface area (TPSA) is 40.5 Å². The van der Waals surface area contributed by atoms with Gasteiger partial charge in [0.05, 0.1) is 5.02 Å². The molecule has 0 bridgehead atoms. The first-order valence-electron chi connectivity index (χ1n) is 3.46. The molecule has 0 saturated heterocycles. The number of halogens is 2. The Morgan fingerprint density at radius 3 is 2.33 bits per heavy atom. The Balaban J connectivity index is 3.39. The number of hydrogen-bond donors (Lipinski definition) is 2. The molecule has 0 unspecified atom stereocenters. The van der Waals surface area contributed by atoms with Gasteiger partial charge in [-0.15, -0.1) is 0 Å². The lowest BCUT2D eigenvalue weighted by molar-refractivity contribution is 0.403. The number of aromatic hydroxyl groups is 2. The Hall–Kier alpha value is -0.600. The molecule has 0 saturated carbocycles. The molecule has 0 fully saturated rings. The van der Waals surface area contributed by atoms with Gasteiger partial charge in [0.2, 0.25) is 0 Å². The molecule has 0 amide bonds. The smallest absolute Gasteiger partial charge is 0.178 e. The summed E-state index contributed by atoms with van der Waals surface area (Å²) in [5.41, 5.74) is 0.719. The SMILES string of the molecule is CCc1cc(O)c(O)c(Cl)c1Cl. The fraction of sp³-hybridized carbons (Fsp3) is 0.250.